The van der Waals surface area contributed by atoms with E-state index in [1.165, 1.54) is 18.2 Å². The van der Waals surface area contributed by atoms with Crippen molar-refractivity contribution >= 4 is 29.2 Å². The van der Waals surface area contributed by atoms with Crippen LogP contribution in [0, 0.1) is 22.0 Å². The Morgan fingerprint density at radius 1 is 0.690 bits per heavy atom. The lowest BCUT2D eigenvalue weighted by Crippen LogP contribution is -2.52. The van der Waals surface area contributed by atoms with Crippen LogP contribution < -0.4 is 0 Å². The summed E-state index contributed by atoms with van der Waals surface area (Å²) in [6, 6.07) is 28.8. The predicted octanol–water partition coefficient (Wildman–Crippen LogP) is 4.73. The summed E-state index contributed by atoms with van der Waals surface area (Å²) in [7, 11) is 0. The molecule has 4 aliphatic rings. The highest BCUT2D eigenvalue weighted by Gasteiger charge is 2.63. The van der Waals surface area contributed by atoms with Gasteiger partial charge in [0.2, 0.25) is 0 Å². The van der Waals surface area contributed by atoms with E-state index in [2.05, 4.69) is 0 Å². The van der Waals surface area contributed by atoms with Gasteiger partial charge in [-0.3, -0.25) is 29.3 Å². The highest BCUT2D eigenvalue weighted by atomic mass is 16.6. The van der Waals surface area contributed by atoms with Gasteiger partial charge in [0.05, 0.1) is 16.8 Å². The SMILES string of the molecule is O=C(CN(C(=O)c1cccc([N+](=O)[O-])c1)N1C(=O)[C@@H]2C3c4ccccc4C(c4ccccc43)[C@H]2C1=O)c1ccccc1. The molecule has 3 aliphatic carbocycles. The second-order valence-corrected chi connectivity index (χ2v) is 10.7. The monoisotopic (exact) mass is 557 g/mol. The molecule has 0 spiro atoms. The number of Topliss-reactive ketones (excluding diaryl/α,β-unsaturated/α-hetero) is 1. The zero-order valence-electron chi connectivity index (χ0n) is 22.1. The summed E-state index contributed by atoms with van der Waals surface area (Å²) in [6.07, 6.45) is 0. The van der Waals surface area contributed by atoms with Gasteiger partial charge >= 0.3 is 0 Å². The van der Waals surface area contributed by atoms with E-state index in [1.807, 2.05) is 48.5 Å². The molecular formula is C33H23N3O6. The van der Waals surface area contributed by atoms with Crippen molar-refractivity contribution in [1.82, 2.24) is 10.0 Å². The van der Waals surface area contributed by atoms with E-state index >= 15 is 0 Å². The summed E-state index contributed by atoms with van der Waals surface area (Å²) >= 11 is 0. The number of carbonyl (C=O) groups excluding carboxylic acids is 4. The normalized spacial score (nSPS) is 21.4. The number of non-ortho nitro benzene ring substituents is 1. The number of hydrogen-bond acceptors (Lipinski definition) is 6. The maximum Gasteiger partial charge on any atom is 0.273 e. The van der Waals surface area contributed by atoms with Gasteiger partial charge in [-0.15, -0.1) is 0 Å². The lowest BCUT2D eigenvalue weighted by Gasteiger charge is -2.45. The van der Waals surface area contributed by atoms with Crippen LogP contribution in [0.15, 0.2) is 103 Å². The Bertz CT molecular complexity index is 1700. The number of benzene rings is 4. The summed E-state index contributed by atoms with van der Waals surface area (Å²) in [5.41, 5.74) is 3.75. The molecule has 9 nitrogen and oxygen atoms in total. The smallest absolute Gasteiger partial charge is 0.273 e. The first-order valence-electron chi connectivity index (χ1n) is 13.6. The highest BCUT2D eigenvalue weighted by molar-refractivity contribution is 6.11. The number of nitro benzene ring substituents is 1. The first kappa shape index (κ1) is 25.5. The summed E-state index contributed by atoms with van der Waals surface area (Å²) in [6.45, 7) is -0.600. The van der Waals surface area contributed by atoms with Crippen molar-refractivity contribution in [1.29, 1.82) is 0 Å². The fraction of sp³-hybridized carbons (Fsp3) is 0.152. The first-order valence-corrected chi connectivity index (χ1v) is 13.6. The Hall–Kier alpha value is -5.44. The Labute approximate surface area is 240 Å². The van der Waals surface area contributed by atoms with Crippen molar-refractivity contribution in [3.8, 4) is 0 Å². The van der Waals surface area contributed by atoms with Gasteiger partial charge in [0.15, 0.2) is 5.78 Å². The van der Waals surface area contributed by atoms with E-state index in [0.29, 0.717) is 5.56 Å². The summed E-state index contributed by atoms with van der Waals surface area (Å²) < 4.78 is 0. The fourth-order valence-electron chi connectivity index (χ4n) is 6.89. The number of hydrazine groups is 1. The van der Waals surface area contributed by atoms with E-state index in [1.54, 1.807) is 30.3 Å². The Morgan fingerprint density at radius 2 is 1.17 bits per heavy atom. The standard InChI is InChI=1S/C33H23N3O6/c37-26(19-9-2-1-3-10-19)18-34(31(38)20-11-8-12-21(17-20)36(41)42)35-32(39)29-27-22-13-4-5-14-23(22)28(30(29)33(35)40)25-16-7-6-15-24(25)27/h1-17,27-30H,18H2/t27?,28?,29-,30-/m1/s1. The van der Waals surface area contributed by atoms with Gasteiger partial charge < -0.3 is 0 Å². The quantitative estimate of drug-likeness (QED) is 0.146. The van der Waals surface area contributed by atoms with Crippen LogP contribution in [0.25, 0.3) is 0 Å². The number of nitrogens with zero attached hydrogens (tertiary/aromatic N) is 3. The third-order valence-electron chi connectivity index (χ3n) is 8.59. The van der Waals surface area contributed by atoms with Crippen LogP contribution in [0.2, 0.25) is 0 Å². The predicted molar refractivity (Wildman–Crippen MR) is 150 cm³/mol. The van der Waals surface area contributed by atoms with Crippen molar-refractivity contribution < 1.29 is 24.1 Å². The van der Waals surface area contributed by atoms with Gasteiger partial charge in [-0.25, -0.2) is 5.01 Å². The van der Waals surface area contributed by atoms with E-state index in [0.717, 1.165) is 38.3 Å². The second kappa shape index (κ2) is 9.59. The Morgan fingerprint density at radius 3 is 1.67 bits per heavy atom. The van der Waals surface area contributed by atoms with E-state index in [-0.39, 0.29) is 11.3 Å². The number of amides is 3. The molecule has 1 heterocycles. The minimum atomic E-state index is -0.856. The number of rotatable bonds is 6. The van der Waals surface area contributed by atoms with Crippen LogP contribution >= 0.6 is 0 Å². The number of nitro groups is 1. The van der Waals surface area contributed by atoms with Crippen LogP contribution in [0.4, 0.5) is 5.69 Å². The molecule has 2 bridgehead atoms. The molecule has 4 aromatic rings. The molecule has 0 N–H and O–H groups in total. The molecule has 0 unspecified atom stereocenters. The van der Waals surface area contributed by atoms with Crippen molar-refractivity contribution in [3.63, 3.8) is 0 Å². The maximum atomic E-state index is 14.3. The molecule has 1 fully saturated rings. The van der Waals surface area contributed by atoms with Gasteiger partial charge in [-0.05, 0) is 28.3 Å². The molecule has 206 valence electrons. The van der Waals surface area contributed by atoms with Crippen molar-refractivity contribution in [2.75, 3.05) is 6.54 Å². The van der Waals surface area contributed by atoms with Crippen LogP contribution in [0.5, 0.6) is 0 Å². The highest BCUT2D eigenvalue weighted by Crippen LogP contribution is 2.61. The lowest BCUT2D eigenvalue weighted by molar-refractivity contribution is -0.384. The first-order chi connectivity index (χ1) is 20.4. The molecule has 1 aliphatic heterocycles. The van der Waals surface area contributed by atoms with E-state index in [4.69, 9.17) is 0 Å². The Balaban J connectivity index is 1.34. The molecule has 0 aromatic heterocycles. The molecule has 0 radical (unpaired) electrons. The lowest BCUT2D eigenvalue weighted by atomic mass is 9.55. The van der Waals surface area contributed by atoms with Crippen LogP contribution in [-0.2, 0) is 9.59 Å². The molecule has 1 saturated heterocycles. The third-order valence-corrected chi connectivity index (χ3v) is 8.59. The average Bonchev–Trinajstić information content (AvgIpc) is 3.29. The summed E-state index contributed by atoms with van der Waals surface area (Å²) in [5.74, 6) is -4.79. The molecule has 4 aromatic carbocycles. The van der Waals surface area contributed by atoms with Crippen LogP contribution in [-0.4, -0.2) is 45.0 Å². The molecule has 2 atom stereocenters. The zero-order valence-corrected chi connectivity index (χ0v) is 22.1. The fourth-order valence-corrected chi connectivity index (χ4v) is 6.89. The zero-order chi connectivity index (χ0) is 29.1. The minimum absolute atomic E-state index is 0.116. The Kier molecular flexibility index (Phi) is 5.83. The topological polar surface area (TPSA) is 118 Å². The van der Waals surface area contributed by atoms with Crippen LogP contribution in [0.3, 0.4) is 0 Å². The summed E-state index contributed by atoms with van der Waals surface area (Å²) in [5, 5.41) is 13.1. The van der Waals surface area contributed by atoms with E-state index in [9.17, 15) is 29.3 Å². The van der Waals surface area contributed by atoms with Crippen molar-refractivity contribution in [2.24, 2.45) is 11.8 Å². The van der Waals surface area contributed by atoms with Crippen molar-refractivity contribution in [3.05, 3.63) is 147 Å². The minimum Gasteiger partial charge on any atom is -0.292 e. The number of ketones is 1. The molecule has 9 heteroatoms. The molecule has 8 rings (SSSR count). The molecule has 3 amide bonds. The number of carbonyl (C=O) groups is 4. The molecule has 42 heavy (non-hydrogen) atoms. The molecular weight excluding hydrogens is 534 g/mol. The van der Waals surface area contributed by atoms with Crippen molar-refractivity contribution in [2.45, 2.75) is 11.8 Å². The average molecular weight is 558 g/mol. The largest absolute Gasteiger partial charge is 0.292 e. The number of imide groups is 1. The van der Waals surface area contributed by atoms with Gasteiger partial charge in [-0.2, -0.15) is 5.01 Å². The molecule has 0 saturated carbocycles. The number of hydrogen-bond donors (Lipinski definition) is 0. The van der Waals surface area contributed by atoms with Gasteiger partial charge in [0.1, 0.15) is 6.54 Å². The van der Waals surface area contributed by atoms with Gasteiger partial charge in [0, 0.05) is 35.1 Å². The second-order valence-electron chi connectivity index (χ2n) is 10.7. The van der Waals surface area contributed by atoms with Gasteiger partial charge in [-0.1, -0.05) is 84.9 Å². The third kappa shape index (κ3) is 3.70. The van der Waals surface area contributed by atoms with Crippen LogP contribution in [0.1, 0.15) is 54.8 Å². The maximum absolute atomic E-state index is 14.3. The summed E-state index contributed by atoms with van der Waals surface area (Å²) in [4.78, 5) is 66.8. The van der Waals surface area contributed by atoms with Gasteiger partial charge in [0.25, 0.3) is 23.4 Å². The van der Waals surface area contributed by atoms with E-state index < -0.39 is 58.6 Å².